The second kappa shape index (κ2) is 3.08. The van der Waals surface area contributed by atoms with Crippen LogP contribution < -0.4 is 0 Å². The standard InChI is InChI=1S/C7H6O5/c8-6(9)5(7(10)11)4-1-2-12-3-4/h1-3,5H,(H,8,9)(H,10,11). The first-order valence-corrected chi connectivity index (χ1v) is 3.10. The molecule has 0 radical (unpaired) electrons. The Kier molecular flexibility index (Phi) is 2.14. The van der Waals surface area contributed by atoms with Crippen molar-refractivity contribution in [2.45, 2.75) is 5.92 Å². The normalized spacial score (nSPS) is 10.1. The first-order valence-electron chi connectivity index (χ1n) is 3.10. The Labute approximate surface area is 67.2 Å². The Morgan fingerprint density at radius 3 is 2.25 bits per heavy atom. The van der Waals surface area contributed by atoms with E-state index < -0.39 is 17.9 Å². The molecule has 0 aromatic carbocycles. The molecule has 0 bridgehead atoms. The molecule has 1 aromatic rings. The van der Waals surface area contributed by atoms with Gasteiger partial charge in [-0.05, 0) is 6.07 Å². The zero-order valence-electron chi connectivity index (χ0n) is 5.93. The lowest BCUT2D eigenvalue weighted by atomic mass is 10.0. The molecule has 1 rings (SSSR count). The van der Waals surface area contributed by atoms with Gasteiger partial charge in [-0.1, -0.05) is 0 Å². The van der Waals surface area contributed by atoms with Crippen LogP contribution in [0.25, 0.3) is 0 Å². The van der Waals surface area contributed by atoms with Crippen molar-refractivity contribution < 1.29 is 24.2 Å². The van der Waals surface area contributed by atoms with Gasteiger partial charge >= 0.3 is 11.9 Å². The maximum absolute atomic E-state index is 10.4. The highest BCUT2D eigenvalue weighted by atomic mass is 16.4. The molecular formula is C7H6O5. The van der Waals surface area contributed by atoms with Gasteiger partial charge in [-0.3, -0.25) is 9.59 Å². The Balaban J connectivity index is 2.96. The minimum atomic E-state index is -1.54. The zero-order valence-corrected chi connectivity index (χ0v) is 5.93. The van der Waals surface area contributed by atoms with Crippen LogP contribution in [0.5, 0.6) is 0 Å². The van der Waals surface area contributed by atoms with E-state index in [9.17, 15) is 9.59 Å². The van der Waals surface area contributed by atoms with Crippen molar-refractivity contribution in [3.63, 3.8) is 0 Å². The van der Waals surface area contributed by atoms with Gasteiger partial charge < -0.3 is 14.6 Å². The van der Waals surface area contributed by atoms with E-state index in [1.165, 1.54) is 12.3 Å². The van der Waals surface area contributed by atoms with Gasteiger partial charge in [0.15, 0.2) is 5.92 Å². The Morgan fingerprint density at radius 1 is 1.33 bits per heavy atom. The van der Waals surface area contributed by atoms with Crippen molar-refractivity contribution >= 4 is 11.9 Å². The maximum atomic E-state index is 10.4. The third-order valence-electron chi connectivity index (χ3n) is 1.37. The quantitative estimate of drug-likeness (QED) is 0.646. The van der Waals surface area contributed by atoms with Crippen molar-refractivity contribution in [2.75, 3.05) is 0 Å². The number of carboxylic acids is 2. The first kappa shape index (κ1) is 8.32. The molecule has 0 unspecified atom stereocenters. The number of hydrogen-bond donors (Lipinski definition) is 2. The van der Waals surface area contributed by atoms with Gasteiger partial charge in [-0.25, -0.2) is 0 Å². The molecule has 5 nitrogen and oxygen atoms in total. The van der Waals surface area contributed by atoms with Gasteiger partial charge in [-0.2, -0.15) is 0 Å². The lowest BCUT2D eigenvalue weighted by molar-refractivity contribution is -0.150. The third kappa shape index (κ3) is 1.45. The van der Waals surface area contributed by atoms with Gasteiger partial charge in [0.2, 0.25) is 0 Å². The predicted molar refractivity (Wildman–Crippen MR) is 36.7 cm³/mol. The van der Waals surface area contributed by atoms with Crippen LogP contribution >= 0.6 is 0 Å². The second-order valence-electron chi connectivity index (χ2n) is 2.17. The summed E-state index contributed by atoms with van der Waals surface area (Å²) in [6.07, 6.45) is 2.33. The van der Waals surface area contributed by atoms with Crippen LogP contribution in [-0.4, -0.2) is 22.2 Å². The number of hydrogen-bond acceptors (Lipinski definition) is 3. The van der Waals surface area contributed by atoms with Gasteiger partial charge in [0.05, 0.1) is 12.5 Å². The average Bonchev–Trinajstić information content (AvgIpc) is 2.37. The lowest BCUT2D eigenvalue weighted by Gasteiger charge is -2.02. The van der Waals surface area contributed by atoms with Crippen LogP contribution in [0.4, 0.5) is 0 Å². The van der Waals surface area contributed by atoms with E-state index >= 15 is 0 Å². The van der Waals surface area contributed by atoms with E-state index in [2.05, 4.69) is 4.42 Å². The summed E-state index contributed by atoms with van der Waals surface area (Å²) in [7, 11) is 0. The highest BCUT2D eigenvalue weighted by Crippen LogP contribution is 2.16. The smallest absolute Gasteiger partial charge is 0.322 e. The van der Waals surface area contributed by atoms with Crippen LogP contribution in [0.15, 0.2) is 23.0 Å². The minimum absolute atomic E-state index is 0.134. The maximum Gasteiger partial charge on any atom is 0.322 e. The molecule has 0 fully saturated rings. The summed E-state index contributed by atoms with van der Waals surface area (Å²) in [5.41, 5.74) is 0.134. The molecular weight excluding hydrogens is 164 g/mol. The Hall–Kier alpha value is -1.78. The molecule has 0 aliphatic rings. The molecule has 12 heavy (non-hydrogen) atoms. The number of furan rings is 1. The fourth-order valence-corrected chi connectivity index (χ4v) is 0.830. The van der Waals surface area contributed by atoms with Crippen molar-refractivity contribution in [3.05, 3.63) is 24.2 Å². The first-order chi connectivity index (χ1) is 5.63. The molecule has 0 aliphatic carbocycles. The monoisotopic (exact) mass is 170 g/mol. The number of carboxylic acid groups (broad SMARTS) is 2. The highest BCUT2D eigenvalue weighted by Gasteiger charge is 2.28. The van der Waals surface area contributed by atoms with Gasteiger partial charge in [0.25, 0.3) is 0 Å². The summed E-state index contributed by atoms with van der Waals surface area (Å²) in [6.45, 7) is 0. The van der Waals surface area contributed by atoms with E-state index in [0.29, 0.717) is 0 Å². The number of aliphatic carboxylic acids is 2. The number of rotatable bonds is 3. The highest BCUT2D eigenvalue weighted by molar-refractivity contribution is 5.98. The predicted octanol–water partition coefficient (Wildman–Crippen LogP) is 0.532. The van der Waals surface area contributed by atoms with E-state index in [1.54, 1.807) is 0 Å². The van der Waals surface area contributed by atoms with E-state index in [4.69, 9.17) is 10.2 Å². The Bertz CT molecular complexity index is 273. The lowest BCUT2D eigenvalue weighted by Crippen LogP contribution is -2.20. The van der Waals surface area contributed by atoms with Crippen molar-refractivity contribution in [2.24, 2.45) is 0 Å². The molecule has 0 saturated carbocycles. The molecule has 0 aliphatic heterocycles. The third-order valence-corrected chi connectivity index (χ3v) is 1.37. The molecule has 64 valence electrons. The van der Waals surface area contributed by atoms with Crippen LogP contribution in [-0.2, 0) is 9.59 Å². The fraction of sp³-hybridized carbons (Fsp3) is 0.143. The molecule has 0 amide bonds. The van der Waals surface area contributed by atoms with Crippen LogP contribution in [0.1, 0.15) is 11.5 Å². The molecule has 1 aromatic heterocycles. The van der Waals surface area contributed by atoms with Crippen molar-refractivity contribution in [1.82, 2.24) is 0 Å². The van der Waals surface area contributed by atoms with Crippen molar-refractivity contribution in [1.29, 1.82) is 0 Å². The van der Waals surface area contributed by atoms with Gasteiger partial charge in [0, 0.05) is 5.56 Å². The molecule has 0 spiro atoms. The largest absolute Gasteiger partial charge is 0.480 e. The van der Waals surface area contributed by atoms with Gasteiger partial charge in [-0.15, -0.1) is 0 Å². The average molecular weight is 170 g/mol. The summed E-state index contributed by atoms with van der Waals surface area (Å²) < 4.78 is 4.57. The molecule has 0 saturated heterocycles. The van der Waals surface area contributed by atoms with Gasteiger partial charge in [0.1, 0.15) is 0 Å². The van der Waals surface area contributed by atoms with E-state index in [0.717, 1.165) is 6.26 Å². The molecule has 5 heteroatoms. The number of carbonyl (C=O) groups is 2. The van der Waals surface area contributed by atoms with E-state index in [1.807, 2.05) is 0 Å². The summed E-state index contributed by atoms with van der Waals surface area (Å²) in [5, 5.41) is 17.0. The van der Waals surface area contributed by atoms with Crippen molar-refractivity contribution in [3.8, 4) is 0 Å². The second-order valence-corrected chi connectivity index (χ2v) is 2.17. The van der Waals surface area contributed by atoms with E-state index in [-0.39, 0.29) is 5.56 Å². The topological polar surface area (TPSA) is 87.7 Å². The zero-order chi connectivity index (χ0) is 9.14. The summed E-state index contributed by atoms with van der Waals surface area (Å²) in [5.74, 6) is -4.34. The summed E-state index contributed by atoms with van der Waals surface area (Å²) >= 11 is 0. The fourth-order valence-electron chi connectivity index (χ4n) is 0.830. The summed E-state index contributed by atoms with van der Waals surface area (Å²) in [6, 6.07) is 1.31. The SMILES string of the molecule is O=C(O)C(C(=O)O)c1ccoc1. The summed E-state index contributed by atoms with van der Waals surface area (Å²) in [4.78, 5) is 20.8. The van der Waals surface area contributed by atoms with Crippen LogP contribution in [0, 0.1) is 0 Å². The molecule has 1 heterocycles. The van der Waals surface area contributed by atoms with Crippen LogP contribution in [0.2, 0.25) is 0 Å². The Morgan fingerprint density at radius 2 is 1.92 bits per heavy atom. The molecule has 2 N–H and O–H groups in total. The van der Waals surface area contributed by atoms with Crippen LogP contribution in [0.3, 0.4) is 0 Å². The molecule has 0 atom stereocenters. The minimum Gasteiger partial charge on any atom is -0.480 e.